The highest BCUT2D eigenvalue weighted by Crippen LogP contribution is 2.31. The number of nitrogens with one attached hydrogen (secondary N) is 1. The summed E-state index contributed by atoms with van der Waals surface area (Å²) in [6, 6.07) is 20.3. The van der Waals surface area contributed by atoms with Crippen molar-refractivity contribution >= 4 is 21.6 Å². The Kier molecular flexibility index (Phi) is 5.45. The molecular formula is C24H24N2O3S. The average molecular weight is 421 g/mol. The maximum atomic E-state index is 13.1. The van der Waals surface area contributed by atoms with E-state index in [0.717, 1.165) is 28.8 Å². The average Bonchev–Trinajstić information content (AvgIpc) is 3.16. The van der Waals surface area contributed by atoms with Crippen LogP contribution < -0.4 is 9.62 Å². The molecule has 1 aliphatic rings. The van der Waals surface area contributed by atoms with Gasteiger partial charge in [-0.2, -0.15) is 0 Å². The topological polar surface area (TPSA) is 66.5 Å². The molecule has 1 aliphatic heterocycles. The van der Waals surface area contributed by atoms with Crippen LogP contribution in [0.2, 0.25) is 0 Å². The van der Waals surface area contributed by atoms with Crippen LogP contribution in [0.3, 0.4) is 0 Å². The van der Waals surface area contributed by atoms with Gasteiger partial charge in [-0.1, -0.05) is 48.5 Å². The first-order valence-electron chi connectivity index (χ1n) is 9.91. The number of amides is 1. The summed E-state index contributed by atoms with van der Waals surface area (Å²) in [5.41, 5.74) is 5.11. The molecule has 0 saturated heterocycles. The van der Waals surface area contributed by atoms with E-state index in [0.29, 0.717) is 17.7 Å². The fourth-order valence-corrected chi connectivity index (χ4v) is 5.08. The lowest BCUT2D eigenvalue weighted by Crippen LogP contribution is -2.29. The first-order chi connectivity index (χ1) is 14.4. The maximum absolute atomic E-state index is 13.1. The number of rotatable bonds is 5. The molecule has 4 rings (SSSR count). The SMILES string of the molecule is Cc1ccccc1C(=O)N1CCc2ccc(CNS(=O)(=O)c3ccccc3C)cc21. The van der Waals surface area contributed by atoms with Gasteiger partial charge in [0, 0.05) is 24.3 Å². The van der Waals surface area contributed by atoms with E-state index in [1.165, 1.54) is 0 Å². The number of carbonyl (C=O) groups is 1. The number of fused-ring (bicyclic) bond motifs is 1. The molecule has 0 unspecified atom stereocenters. The van der Waals surface area contributed by atoms with Gasteiger partial charge in [0.1, 0.15) is 0 Å². The molecular weight excluding hydrogens is 396 g/mol. The second-order valence-corrected chi connectivity index (χ2v) is 9.31. The van der Waals surface area contributed by atoms with Crippen molar-refractivity contribution in [1.82, 2.24) is 4.72 Å². The lowest BCUT2D eigenvalue weighted by atomic mass is 10.1. The molecule has 0 saturated carbocycles. The molecule has 3 aromatic rings. The maximum Gasteiger partial charge on any atom is 0.258 e. The highest BCUT2D eigenvalue weighted by Gasteiger charge is 2.26. The van der Waals surface area contributed by atoms with Crippen molar-refractivity contribution in [2.45, 2.75) is 31.7 Å². The minimum atomic E-state index is -3.61. The third-order valence-corrected chi connectivity index (χ3v) is 7.08. The van der Waals surface area contributed by atoms with E-state index >= 15 is 0 Å². The number of aryl methyl sites for hydroxylation is 2. The minimum absolute atomic E-state index is 0.0236. The molecule has 0 aliphatic carbocycles. The second-order valence-electron chi connectivity index (χ2n) is 7.57. The number of sulfonamides is 1. The highest BCUT2D eigenvalue weighted by atomic mass is 32.2. The lowest BCUT2D eigenvalue weighted by molar-refractivity contribution is 0.0989. The first kappa shape index (κ1) is 20.3. The molecule has 5 nitrogen and oxygen atoms in total. The molecule has 0 bridgehead atoms. The number of hydrogen-bond donors (Lipinski definition) is 1. The summed E-state index contributed by atoms with van der Waals surface area (Å²) in [5, 5.41) is 0. The fourth-order valence-electron chi connectivity index (χ4n) is 3.82. The van der Waals surface area contributed by atoms with Crippen LogP contribution in [0.15, 0.2) is 71.6 Å². The largest absolute Gasteiger partial charge is 0.308 e. The Bertz CT molecular complexity index is 1220. The molecule has 0 aromatic heterocycles. The van der Waals surface area contributed by atoms with Crippen LogP contribution in [0.1, 0.15) is 32.6 Å². The van der Waals surface area contributed by atoms with Gasteiger partial charge < -0.3 is 4.90 Å². The normalized spacial score (nSPS) is 13.3. The summed E-state index contributed by atoms with van der Waals surface area (Å²) in [6.07, 6.45) is 0.794. The zero-order valence-corrected chi connectivity index (χ0v) is 17.9. The number of carbonyl (C=O) groups excluding carboxylic acids is 1. The Morgan fingerprint density at radius 3 is 2.40 bits per heavy atom. The van der Waals surface area contributed by atoms with Gasteiger partial charge in [0.15, 0.2) is 0 Å². The van der Waals surface area contributed by atoms with E-state index in [-0.39, 0.29) is 17.3 Å². The highest BCUT2D eigenvalue weighted by molar-refractivity contribution is 7.89. The standard InChI is InChI=1S/C24H24N2O3S/c1-17-7-3-5-9-21(17)24(27)26-14-13-20-12-11-19(15-22(20)26)16-25-30(28,29)23-10-6-4-8-18(23)2/h3-12,15,25H,13-14,16H2,1-2H3. The van der Waals surface area contributed by atoms with Crippen molar-refractivity contribution in [3.05, 3.63) is 94.5 Å². The number of hydrogen-bond acceptors (Lipinski definition) is 3. The quantitative estimate of drug-likeness (QED) is 0.679. The molecule has 0 radical (unpaired) electrons. The lowest BCUT2D eigenvalue weighted by Gasteiger charge is -2.19. The van der Waals surface area contributed by atoms with Gasteiger partial charge in [0.25, 0.3) is 5.91 Å². The zero-order chi connectivity index (χ0) is 21.3. The van der Waals surface area contributed by atoms with Crippen LogP contribution in [0.25, 0.3) is 0 Å². The van der Waals surface area contributed by atoms with Crippen molar-refractivity contribution in [2.75, 3.05) is 11.4 Å². The first-order valence-corrected chi connectivity index (χ1v) is 11.4. The molecule has 154 valence electrons. The Morgan fingerprint density at radius 2 is 1.67 bits per heavy atom. The van der Waals surface area contributed by atoms with Crippen LogP contribution in [-0.4, -0.2) is 20.9 Å². The number of nitrogens with zero attached hydrogens (tertiary/aromatic N) is 1. The van der Waals surface area contributed by atoms with E-state index in [1.807, 2.05) is 55.5 Å². The van der Waals surface area contributed by atoms with Gasteiger partial charge >= 0.3 is 0 Å². The van der Waals surface area contributed by atoms with Gasteiger partial charge in [-0.25, -0.2) is 13.1 Å². The van der Waals surface area contributed by atoms with Gasteiger partial charge in [-0.15, -0.1) is 0 Å². The molecule has 6 heteroatoms. The number of anilines is 1. The Labute approximate surface area is 177 Å². The minimum Gasteiger partial charge on any atom is -0.308 e. The van der Waals surface area contributed by atoms with Crippen molar-refractivity contribution in [2.24, 2.45) is 0 Å². The molecule has 0 fully saturated rings. The molecule has 0 spiro atoms. The molecule has 1 amide bonds. The van der Waals surface area contributed by atoms with Gasteiger partial charge in [-0.3, -0.25) is 4.79 Å². The Balaban J connectivity index is 1.56. The van der Waals surface area contributed by atoms with Crippen LogP contribution in [0, 0.1) is 13.8 Å². The Hall–Kier alpha value is -2.96. The summed E-state index contributed by atoms with van der Waals surface area (Å²) >= 11 is 0. The van der Waals surface area contributed by atoms with E-state index in [4.69, 9.17) is 0 Å². The second kappa shape index (κ2) is 8.05. The summed E-state index contributed by atoms with van der Waals surface area (Å²) in [5.74, 6) is -0.0236. The molecule has 0 atom stereocenters. The van der Waals surface area contributed by atoms with Crippen LogP contribution in [0.4, 0.5) is 5.69 Å². The third kappa shape index (κ3) is 3.88. The van der Waals surface area contributed by atoms with Gasteiger partial charge in [0.2, 0.25) is 10.0 Å². The van der Waals surface area contributed by atoms with Gasteiger partial charge in [0.05, 0.1) is 4.90 Å². The van der Waals surface area contributed by atoms with Crippen molar-refractivity contribution in [1.29, 1.82) is 0 Å². The predicted molar refractivity (Wildman–Crippen MR) is 118 cm³/mol. The van der Waals surface area contributed by atoms with Crippen molar-refractivity contribution in [3.8, 4) is 0 Å². The van der Waals surface area contributed by atoms with Crippen LogP contribution >= 0.6 is 0 Å². The monoisotopic (exact) mass is 420 g/mol. The summed E-state index contributed by atoms with van der Waals surface area (Å²) in [6.45, 7) is 4.50. The molecule has 1 N–H and O–H groups in total. The summed E-state index contributed by atoms with van der Waals surface area (Å²) in [7, 11) is -3.61. The summed E-state index contributed by atoms with van der Waals surface area (Å²) < 4.78 is 28.0. The fraction of sp³-hybridized carbons (Fsp3) is 0.208. The predicted octanol–water partition coefficient (Wildman–Crippen LogP) is 3.98. The smallest absolute Gasteiger partial charge is 0.258 e. The van der Waals surface area contributed by atoms with Crippen molar-refractivity contribution < 1.29 is 13.2 Å². The third-order valence-electron chi connectivity index (χ3n) is 5.52. The van der Waals surface area contributed by atoms with Crippen LogP contribution in [-0.2, 0) is 23.0 Å². The molecule has 3 aromatic carbocycles. The van der Waals surface area contributed by atoms with E-state index in [9.17, 15) is 13.2 Å². The van der Waals surface area contributed by atoms with Crippen LogP contribution in [0.5, 0.6) is 0 Å². The van der Waals surface area contributed by atoms with Crippen molar-refractivity contribution in [3.63, 3.8) is 0 Å². The zero-order valence-electron chi connectivity index (χ0n) is 17.1. The Morgan fingerprint density at radius 1 is 0.967 bits per heavy atom. The van der Waals surface area contributed by atoms with E-state index < -0.39 is 10.0 Å². The molecule has 30 heavy (non-hydrogen) atoms. The summed E-state index contributed by atoms with van der Waals surface area (Å²) in [4.78, 5) is 15.2. The number of benzene rings is 3. The van der Waals surface area contributed by atoms with E-state index in [2.05, 4.69) is 4.72 Å². The van der Waals surface area contributed by atoms with Gasteiger partial charge in [-0.05, 0) is 60.7 Å². The van der Waals surface area contributed by atoms with E-state index in [1.54, 1.807) is 30.0 Å². The molecule has 1 heterocycles.